The van der Waals surface area contributed by atoms with Gasteiger partial charge in [0.1, 0.15) is 10.0 Å². The molecule has 2 aromatic rings. The molecule has 144 valence electrons. The summed E-state index contributed by atoms with van der Waals surface area (Å²) in [5.74, 6) is -0.583. The van der Waals surface area contributed by atoms with Gasteiger partial charge in [0.2, 0.25) is 15.9 Å². The Morgan fingerprint density at radius 1 is 1.30 bits per heavy atom. The van der Waals surface area contributed by atoms with Crippen LogP contribution in [-0.2, 0) is 21.2 Å². The third-order valence-electron chi connectivity index (χ3n) is 5.32. The number of rotatable bonds is 5. The molecule has 2 bridgehead atoms. The molecule has 1 aromatic carbocycles. The molecule has 1 aliphatic heterocycles. The summed E-state index contributed by atoms with van der Waals surface area (Å²) in [4.78, 5) is 14.4. The second kappa shape index (κ2) is 7.16. The molecule has 5 nitrogen and oxygen atoms in total. The fourth-order valence-electron chi connectivity index (χ4n) is 4.03. The molecule has 1 saturated heterocycles. The fourth-order valence-corrected chi connectivity index (χ4v) is 6.59. The van der Waals surface area contributed by atoms with Crippen molar-refractivity contribution < 1.29 is 17.6 Å². The van der Waals surface area contributed by atoms with Crippen molar-refractivity contribution in [2.45, 2.75) is 35.6 Å². The number of amides is 1. The van der Waals surface area contributed by atoms with E-state index in [4.69, 9.17) is 11.6 Å². The van der Waals surface area contributed by atoms with Crippen molar-refractivity contribution >= 4 is 38.9 Å². The number of nitrogens with one attached hydrogen (secondary N) is 1. The summed E-state index contributed by atoms with van der Waals surface area (Å²) in [6.45, 7) is 0.479. The molecule has 2 heterocycles. The Morgan fingerprint density at radius 2 is 2.11 bits per heavy atom. The average molecular weight is 429 g/mol. The molecule has 1 N–H and O–H groups in total. The van der Waals surface area contributed by atoms with Crippen molar-refractivity contribution in [3.63, 3.8) is 0 Å². The van der Waals surface area contributed by atoms with Crippen LogP contribution in [0.15, 0.2) is 39.9 Å². The van der Waals surface area contributed by atoms with Gasteiger partial charge in [-0.05, 0) is 42.3 Å². The Labute approximate surface area is 166 Å². The quantitative estimate of drug-likeness (QED) is 0.795. The van der Waals surface area contributed by atoms with E-state index < -0.39 is 15.8 Å². The number of carbonyl (C=O) groups is 1. The summed E-state index contributed by atoms with van der Waals surface area (Å²) >= 11 is 7.20. The number of fused-ring (bicyclic) bond motifs is 2. The molecule has 9 heteroatoms. The van der Waals surface area contributed by atoms with E-state index in [2.05, 4.69) is 4.72 Å². The van der Waals surface area contributed by atoms with Crippen LogP contribution in [0.25, 0.3) is 0 Å². The smallest absolute Gasteiger partial charge is 0.250 e. The summed E-state index contributed by atoms with van der Waals surface area (Å²) in [6.07, 6.45) is 1.25. The van der Waals surface area contributed by atoms with Crippen molar-refractivity contribution in [3.8, 4) is 0 Å². The van der Waals surface area contributed by atoms with Crippen LogP contribution >= 0.6 is 22.9 Å². The number of thiophene rings is 1. The minimum Gasteiger partial charge on any atom is -0.339 e. The van der Waals surface area contributed by atoms with E-state index in [9.17, 15) is 17.6 Å². The molecule has 4 rings (SSSR count). The minimum atomic E-state index is -3.52. The summed E-state index contributed by atoms with van der Waals surface area (Å²) in [7, 11) is -3.52. The Kier molecular flexibility index (Phi) is 5.00. The van der Waals surface area contributed by atoms with Crippen molar-refractivity contribution in [2.75, 3.05) is 6.54 Å². The van der Waals surface area contributed by atoms with E-state index in [1.54, 1.807) is 28.5 Å². The van der Waals surface area contributed by atoms with Gasteiger partial charge in [0, 0.05) is 29.2 Å². The maximum absolute atomic E-state index is 13.9. The molecule has 1 aromatic heterocycles. The van der Waals surface area contributed by atoms with Gasteiger partial charge in [-0.15, -0.1) is 11.3 Å². The van der Waals surface area contributed by atoms with E-state index in [1.165, 1.54) is 23.5 Å². The van der Waals surface area contributed by atoms with E-state index >= 15 is 0 Å². The van der Waals surface area contributed by atoms with Crippen LogP contribution in [0.5, 0.6) is 0 Å². The third kappa shape index (κ3) is 3.63. The number of piperidine rings is 1. The van der Waals surface area contributed by atoms with Gasteiger partial charge >= 0.3 is 0 Å². The second-order valence-corrected chi connectivity index (χ2v) is 10.3. The number of hydrogen-bond acceptors (Lipinski definition) is 4. The fraction of sp³-hybridized carbons (Fsp3) is 0.389. The zero-order chi connectivity index (χ0) is 19.2. The lowest BCUT2D eigenvalue weighted by Crippen LogP contribution is -2.48. The predicted octanol–water partition coefficient (Wildman–Crippen LogP) is 3.05. The van der Waals surface area contributed by atoms with Crippen LogP contribution in [0, 0.1) is 11.7 Å². The van der Waals surface area contributed by atoms with Gasteiger partial charge < -0.3 is 4.90 Å². The molecule has 1 saturated carbocycles. The normalized spacial score (nSPS) is 24.5. The van der Waals surface area contributed by atoms with E-state index in [0.717, 1.165) is 6.42 Å². The molecule has 27 heavy (non-hydrogen) atoms. The number of halogens is 2. The largest absolute Gasteiger partial charge is 0.339 e. The SMILES string of the molecule is O=C(Cc1c(F)cccc1Cl)N1CC2CC1CC2NS(=O)(=O)c1cccs1. The third-order valence-corrected chi connectivity index (χ3v) is 8.56. The van der Waals surface area contributed by atoms with Crippen molar-refractivity contribution in [1.29, 1.82) is 0 Å². The highest BCUT2D eigenvalue weighted by Gasteiger charge is 2.47. The highest BCUT2D eigenvalue weighted by Crippen LogP contribution is 2.39. The van der Waals surface area contributed by atoms with Gasteiger partial charge in [-0.2, -0.15) is 0 Å². The molecule has 0 radical (unpaired) electrons. The van der Waals surface area contributed by atoms with Gasteiger partial charge in [-0.1, -0.05) is 23.7 Å². The van der Waals surface area contributed by atoms with E-state index in [0.29, 0.717) is 17.2 Å². The lowest BCUT2D eigenvalue weighted by molar-refractivity contribution is -0.132. The molecule has 1 amide bonds. The lowest BCUT2D eigenvalue weighted by atomic mass is 10.0. The maximum Gasteiger partial charge on any atom is 0.250 e. The summed E-state index contributed by atoms with van der Waals surface area (Å²) in [5, 5.41) is 1.97. The number of likely N-dealkylation sites (tertiary alicyclic amines) is 1. The highest BCUT2D eigenvalue weighted by molar-refractivity contribution is 7.91. The van der Waals surface area contributed by atoms with Crippen LogP contribution in [0.3, 0.4) is 0 Å². The van der Waals surface area contributed by atoms with Crippen LogP contribution in [0.2, 0.25) is 5.02 Å². The van der Waals surface area contributed by atoms with Gasteiger partial charge in [0.05, 0.1) is 6.42 Å². The van der Waals surface area contributed by atoms with Crippen molar-refractivity contribution in [1.82, 2.24) is 9.62 Å². The van der Waals surface area contributed by atoms with Crippen LogP contribution in [-0.4, -0.2) is 37.9 Å². The molecular weight excluding hydrogens is 411 g/mol. The standard InChI is InChI=1S/C18H18ClFN2O3S2/c19-14-3-1-4-15(20)13(14)9-17(23)22-10-11-7-12(22)8-16(11)21-27(24,25)18-5-2-6-26-18/h1-6,11-12,16,21H,7-10H2. The van der Waals surface area contributed by atoms with E-state index in [-0.39, 0.29) is 40.9 Å². The first-order valence-corrected chi connectivity index (χ1v) is 11.4. The molecular formula is C18H18ClFN2O3S2. The summed E-state index contributed by atoms with van der Waals surface area (Å²) in [6, 6.07) is 7.45. The first-order valence-electron chi connectivity index (χ1n) is 8.63. The Balaban J connectivity index is 1.41. The predicted molar refractivity (Wildman–Crippen MR) is 102 cm³/mol. The minimum absolute atomic E-state index is 0.0240. The van der Waals surface area contributed by atoms with E-state index in [1.807, 2.05) is 0 Å². The van der Waals surface area contributed by atoms with Crippen LogP contribution in [0.1, 0.15) is 18.4 Å². The highest BCUT2D eigenvalue weighted by atomic mass is 35.5. The topological polar surface area (TPSA) is 66.5 Å². The zero-order valence-electron chi connectivity index (χ0n) is 14.3. The Hall–Kier alpha value is -1.48. The maximum atomic E-state index is 13.9. The first-order chi connectivity index (χ1) is 12.8. The van der Waals surface area contributed by atoms with Crippen LogP contribution in [0.4, 0.5) is 4.39 Å². The average Bonchev–Trinajstić information content (AvgIpc) is 3.34. The molecule has 3 atom stereocenters. The summed E-state index contributed by atoms with van der Waals surface area (Å²) < 4.78 is 41.9. The molecule has 0 spiro atoms. The number of sulfonamides is 1. The number of hydrogen-bond donors (Lipinski definition) is 1. The molecule has 1 aliphatic carbocycles. The monoisotopic (exact) mass is 428 g/mol. The van der Waals surface area contributed by atoms with Crippen LogP contribution < -0.4 is 4.72 Å². The molecule has 2 aliphatic rings. The lowest BCUT2D eigenvalue weighted by Gasteiger charge is -2.32. The van der Waals surface area contributed by atoms with Gasteiger partial charge in [0.15, 0.2) is 0 Å². The molecule has 2 fully saturated rings. The molecule has 3 unspecified atom stereocenters. The Bertz CT molecular complexity index is 945. The number of nitrogens with zero attached hydrogens (tertiary/aromatic N) is 1. The Morgan fingerprint density at radius 3 is 2.74 bits per heavy atom. The second-order valence-electron chi connectivity index (χ2n) is 6.97. The number of carbonyl (C=O) groups excluding carboxylic acids is 1. The first kappa shape index (κ1) is 18.9. The zero-order valence-corrected chi connectivity index (χ0v) is 16.7. The van der Waals surface area contributed by atoms with Crippen molar-refractivity contribution in [2.24, 2.45) is 5.92 Å². The van der Waals surface area contributed by atoms with Gasteiger partial charge in [-0.3, -0.25) is 4.79 Å². The van der Waals surface area contributed by atoms with Gasteiger partial charge in [-0.25, -0.2) is 17.5 Å². The number of benzene rings is 1. The summed E-state index contributed by atoms with van der Waals surface area (Å²) in [5.41, 5.74) is 0.210. The van der Waals surface area contributed by atoms with Crippen molar-refractivity contribution in [3.05, 3.63) is 52.1 Å². The van der Waals surface area contributed by atoms with Gasteiger partial charge in [0.25, 0.3) is 0 Å².